The van der Waals surface area contributed by atoms with Crippen molar-refractivity contribution in [1.82, 2.24) is 14.8 Å². The fourth-order valence-corrected chi connectivity index (χ4v) is 3.11. The molecular weight excluding hydrogens is 266 g/mol. The van der Waals surface area contributed by atoms with Gasteiger partial charge in [0.25, 0.3) is 0 Å². The number of hydrogen-bond donors (Lipinski definition) is 1. The number of nitrogens with zero attached hydrogens (tertiary/aromatic N) is 4. The van der Waals surface area contributed by atoms with Crippen LogP contribution >= 0.6 is 0 Å². The predicted molar refractivity (Wildman–Crippen MR) is 83.2 cm³/mol. The van der Waals surface area contributed by atoms with Crippen LogP contribution in [0.25, 0.3) is 11.0 Å². The van der Waals surface area contributed by atoms with Crippen LogP contribution in [0.5, 0.6) is 0 Å². The molecule has 0 amide bonds. The average Bonchev–Trinajstić information content (AvgIpc) is 2.94. The molecule has 6 heteroatoms. The smallest absolute Gasteiger partial charge is 0.159 e. The summed E-state index contributed by atoms with van der Waals surface area (Å²) in [7, 11) is 0. The zero-order valence-electron chi connectivity index (χ0n) is 12.4. The van der Waals surface area contributed by atoms with Crippen LogP contribution in [0, 0.1) is 4.91 Å². The third kappa shape index (κ3) is 2.75. The second-order valence-corrected chi connectivity index (χ2v) is 5.62. The molecule has 0 aromatic carbocycles. The Morgan fingerprint density at radius 3 is 2.86 bits per heavy atom. The van der Waals surface area contributed by atoms with Crippen LogP contribution in [0.2, 0.25) is 0 Å². The molecule has 1 fully saturated rings. The lowest BCUT2D eigenvalue weighted by Gasteiger charge is -2.25. The number of rotatable bonds is 5. The van der Waals surface area contributed by atoms with Crippen molar-refractivity contribution in [2.45, 2.75) is 58.2 Å². The standard InChI is InChI=1S/C15H21N5O/c1-2-20-15-13(10-17-20)14(11(8-16-15)9-18-21)19-12-6-4-3-5-7-12/h8,10,12H,2-7,9H2,1H3,(H,16,19). The summed E-state index contributed by atoms with van der Waals surface area (Å²) in [6, 6.07) is 0.472. The Labute approximate surface area is 123 Å². The highest BCUT2D eigenvalue weighted by atomic mass is 16.3. The van der Waals surface area contributed by atoms with Crippen LogP contribution in [-0.4, -0.2) is 20.8 Å². The summed E-state index contributed by atoms with van der Waals surface area (Å²) >= 11 is 0. The molecule has 2 aromatic rings. The van der Waals surface area contributed by atoms with E-state index in [0.29, 0.717) is 6.04 Å². The van der Waals surface area contributed by atoms with Crippen molar-refractivity contribution in [3.8, 4) is 0 Å². The minimum atomic E-state index is 0.148. The van der Waals surface area contributed by atoms with E-state index in [1.54, 1.807) is 6.20 Å². The Morgan fingerprint density at radius 1 is 1.33 bits per heavy atom. The summed E-state index contributed by atoms with van der Waals surface area (Å²) in [5.41, 5.74) is 2.72. The molecule has 1 aliphatic rings. The Morgan fingerprint density at radius 2 is 2.14 bits per heavy atom. The van der Waals surface area contributed by atoms with Gasteiger partial charge in [0.2, 0.25) is 0 Å². The van der Waals surface area contributed by atoms with Gasteiger partial charge in [0.15, 0.2) is 5.65 Å². The largest absolute Gasteiger partial charge is 0.381 e. The fraction of sp³-hybridized carbons (Fsp3) is 0.600. The first-order valence-corrected chi connectivity index (χ1v) is 7.72. The van der Waals surface area contributed by atoms with Gasteiger partial charge in [-0.2, -0.15) is 10.0 Å². The Bertz CT molecular complexity index is 630. The van der Waals surface area contributed by atoms with Crippen molar-refractivity contribution < 1.29 is 0 Å². The van der Waals surface area contributed by atoms with Gasteiger partial charge >= 0.3 is 0 Å². The molecule has 1 aliphatic carbocycles. The first kappa shape index (κ1) is 14.0. The van der Waals surface area contributed by atoms with E-state index < -0.39 is 0 Å². The average molecular weight is 287 g/mol. The van der Waals surface area contributed by atoms with Gasteiger partial charge in [-0.05, 0) is 19.8 Å². The van der Waals surface area contributed by atoms with Crippen LogP contribution < -0.4 is 5.32 Å². The van der Waals surface area contributed by atoms with Crippen LogP contribution in [-0.2, 0) is 13.1 Å². The maximum atomic E-state index is 10.7. The monoisotopic (exact) mass is 287 g/mol. The molecular formula is C15H21N5O. The molecule has 0 saturated heterocycles. The molecule has 3 rings (SSSR count). The Balaban J connectivity index is 2.00. The summed E-state index contributed by atoms with van der Waals surface area (Å²) in [6.07, 6.45) is 9.80. The minimum absolute atomic E-state index is 0.148. The highest BCUT2D eigenvalue weighted by Gasteiger charge is 2.18. The van der Waals surface area contributed by atoms with Gasteiger partial charge in [0.05, 0.1) is 17.3 Å². The van der Waals surface area contributed by atoms with Crippen LogP contribution in [0.15, 0.2) is 17.6 Å². The summed E-state index contributed by atoms with van der Waals surface area (Å²) in [4.78, 5) is 15.1. The third-order valence-corrected chi connectivity index (χ3v) is 4.23. The van der Waals surface area contributed by atoms with Crippen molar-refractivity contribution >= 4 is 16.7 Å². The first-order chi connectivity index (χ1) is 10.3. The lowest BCUT2D eigenvalue weighted by Crippen LogP contribution is -2.23. The second-order valence-electron chi connectivity index (χ2n) is 5.62. The number of anilines is 1. The molecule has 0 radical (unpaired) electrons. The van der Waals surface area contributed by atoms with Crippen molar-refractivity contribution in [3.63, 3.8) is 0 Å². The predicted octanol–water partition coefficient (Wildman–Crippen LogP) is 3.46. The van der Waals surface area contributed by atoms with E-state index >= 15 is 0 Å². The van der Waals surface area contributed by atoms with Gasteiger partial charge in [-0.1, -0.05) is 24.4 Å². The summed E-state index contributed by atoms with van der Waals surface area (Å²) < 4.78 is 1.87. The molecule has 6 nitrogen and oxygen atoms in total. The van der Waals surface area contributed by atoms with Gasteiger partial charge in [0, 0.05) is 24.3 Å². The van der Waals surface area contributed by atoms with E-state index in [0.717, 1.165) is 28.8 Å². The van der Waals surface area contributed by atoms with E-state index in [9.17, 15) is 4.91 Å². The molecule has 0 spiro atoms. The number of aryl methyl sites for hydroxylation is 1. The molecule has 112 valence electrons. The highest BCUT2D eigenvalue weighted by Crippen LogP contribution is 2.30. The van der Waals surface area contributed by atoms with Gasteiger partial charge < -0.3 is 5.32 Å². The summed E-state index contributed by atoms with van der Waals surface area (Å²) in [5.74, 6) is 0. The molecule has 0 atom stereocenters. The molecule has 1 N–H and O–H groups in total. The molecule has 0 bridgehead atoms. The Hall–Kier alpha value is -1.98. The Kier molecular flexibility index (Phi) is 4.13. The van der Waals surface area contributed by atoms with E-state index in [1.807, 2.05) is 17.8 Å². The number of pyridine rings is 1. The van der Waals surface area contributed by atoms with E-state index in [2.05, 4.69) is 20.6 Å². The summed E-state index contributed by atoms with van der Waals surface area (Å²) in [5, 5.41) is 12.0. The SMILES string of the molecule is CCn1ncc2c(NC3CCCCC3)c(CN=O)cnc21. The van der Waals surface area contributed by atoms with Gasteiger partial charge in [-0.25, -0.2) is 9.67 Å². The molecule has 21 heavy (non-hydrogen) atoms. The topological polar surface area (TPSA) is 72.2 Å². The lowest BCUT2D eigenvalue weighted by molar-refractivity contribution is 0.462. The second kappa shape index (κ2) is 6.20. The first-order valence-electron chi connectivity index (χ1n) is 7.72. The third-order valence-electron chi connectivity index (χ3n) is 4.23. The number of fused-ring (bicyclic) bond motifs is 1. The van der Waals surface area contributed by atoms with Gasteiger partial charge in [-0.15, -0.1) is 0 Å². The van der Waals surface area contributed by atoms with Crippen molar-refractivity contribution in [3.05, 3.63) is 22.9 Å². The van der Waals surface area contributed by atoms with Gasteiger partial charge in [-0.3, -0.25) is 0 Å². The molecule has 0 unspecified atom stereocenters. The molecule has 0 aliphatic heterocycles. The maximum absolute atomic E-state index is 10.7. The van der Waals surface area contributed by atoms with E-state index in [1.165, 1.54) is 32.1 Å². The number of nitroso groups, excluding NO2 is 1. The normalized spacial score (nSPS) is 16.2. The van der Waals surface area contributed by atoms with Crippen molar-refractivity contribution in [2.24, 2.45) is 5.18 Å². The molecule has 2 heterocycles. The molecule has 1 saturated carbocycles. The number of hydrogen-bond acceptors (Lipinski definition) is 5. The van der Waals surface area contributed by atoms with Crippen LogP contribution in [0.4, 0.5) is 5.69 Å². The van der Waals surface area contributed by atoms with Crippen LogP contribution in [0.1, 0.15) is 44.6 Å². The van der Waals surface area contributed by atoms with Crippen LogP contribution in [0.3, 0.4) is 0 Å². The van der Waals surface area contributed by atoms with E-state index in [-0.39, 0.29) is 6.54 Å². The summed E-state index contributed by atoms with van der Waals surface area (Å²) in [6.45, 7) is 2.98. The van der Waals surface area contributed by atoms with Gasteiger partial charge in [0.1, 0.15) is 6.54 Å². The highest BCUT2D eigenvalue weighted by molar-refractivity contribution is 5.90. The zero-order chi connectivity index (χ0) is 14.7. The molecule has 2 aromatic heterocycles. The lowest BCUT2D eigenvalue weighted by atomic mass is 9.95. The quantitative estimate of drug-likeness (QED) is 0.855. The number of nitrogens with one attached hydrogen (secondary N) is 1. The van der Waals surface area contributed by atoms with Crippen molar-refractivity contribution in [2.75, 3.05) is 5.32 Å². The zero-order valence-corrected chi connectivity index (χ0v) is 12.4. The maximum Gasteiger partial charge on any atom is 0.159 e. The van der Waals surface area contributed by atoms with Crippen molar-refractivity contribution in [1.29, 1.82) is 0 Å². The number of aromatic nitrogens is 3. The minimum Gasteiger partial charge on any atom is -0.381 e. The fourth-order valence-electron chi connectivity index (χ4n) is 3.11. The van der Waals surface area contributed by atoms with E-state index in [4.69, 9.17) is 0 Å².